The maximum absolute atomic E-state index is 13.5. The fourth-order valence-electron chi connectivity index (χ4n) is 1.88. The van der Waals surface area contributed by atoms with E-state index in [1.54, 1.807) is 13.0 Å². The predicted octanol–water partition coefficient (Wildman–Crippen LogP) is 3.89. The number of furan rings is 1. The molecule has 0 saturated heterocycles. The summed E-state index contributed by atoms with van der Waals surface area (Å²) >= 11 is 0. The molecular formula is C15H18FNO. The smallest absolute Gasteiger partial charge is 0.134 e. The highest BCUT2D eigenvalue weighted by molar-refractivity contribution is 5.62. The summed E-state index contributed by atoms with van der Waals surface area (Å²) in [5, 5.41) is 3.27. The molecule has 0 radical (unpaired) electrons. The summed E-state index contributed by atoms with van der Waals surface area (Å²) in [5.74, 6) is 1.40. The van der Waals surface area contributed by atoms with Crippen LogP contribution in [0.15, 0.2) is 34.7 Å². The molecule has 2 nitrogen and oxygen atoms in total. The van der Waals surface area contributed by atoms with Crippen molar-refractivity contribution in [1.29, 1.82) is 0 Å². The van der Waals surface area contributed by atoms with E-state index in [9.17, 15) is 4.39 Å². The predicted molar refractivity (Wildman–Crippen MR) is 70.8 cm³/mol. The molecule has 0 fully saturated rings. The van der Waals surface area contributed by atoms with E-state index in [1.807, 2.05) is 18.2 Å². The summed E-state index contributed by atoms with van der Waals surface area (Å²) in [4.78, 5) is 0. The van der Waals surface area contributed by atoms with E-state index in [1.165, 1.54) is 6.07 Å². The topological polar surface area (TPSA) is 25.2 Å². The summed E-state index contributed by atoms with van der Waals surface area (Å²) in [6.07, 6.45) is 1.09. The quantitative estimate of drug-likeness (QED) is 0.811. The first-order valence-corrected chi connectivity index (χ1v) is 6.27. The van der Waals surface area contributed by atoms with Gasteiger partial charge in [0.25, 0.3) is 0 Å². The lowest BCUT2D eigenvalue weighted by Gasteiger charge is -2.03. The molecule has 0 aliphatic rings. The van der Waals surface area contributed by atoms with Crippen LogP contribution in [-0.4, -0.2) is 6.54 Å². The van der Waals surface area contributed by atoms with Gasteiger partial charge in [0.1, 0.15) is 17.3 Å². The third kappa shape index (κ3) is 2.79. The molecule has 18 heavy (non-hydrogen) atoms. The maximum Gasteiger partial charge on any atom is 0.134 e. The molecule has 0 aliphatic heterocycles. The van der Waals surface area contributed by atoms with Gasteiger partial charge in [-0.1, -0.05) is 19.1 Å². The normalized spacial score (nSPS) is 10.8. The molecule has 0 spiro atoms. The molecule has 0 saturated carbocycles. The Morgan fingerprint density at radius 3 is 2.83 bits per heavy atom. The highest BCUT2D eigenvalue weighted by Gasteiger charge is 2.09. The first-order chi connectivity index (χ1) is 8.72. The molecule has 0 bridgehead atoms. The lowest BCUT2D eigenvalue weighted by atomic mass is 10.1. The summed E-state index contributed by atoms with van der Waals surface area (Å²) in [6.45, 7) is 5.57. The molecule has 1 aromatic heterocycles. The van der Waals surface area contributed by atoms with Crippen molar-refractivity contribution in [3.05, 3.63) is 47.5 Å². The van der Waals surface area contributed by atoms with Crippen LogP contribution in [0.1, 0.15) is 24.7 Å². The number of hydrogen-bond acceptors (Lipinski definition) is 2. The van der Waals surface area contributed by atoms with Crippen LogP contribution in [0, 0.1) is 12.7 Å². The number of rotatable bonds is 5. The van der Waals surface area contributed by atoms with Crippen LogP contribution in [0.3, 0.4) is 0 Å². The van der Waals surface area contributed by atoms with Gasteiger partial charge in [0.05, 0.1) is 6.54 Å². The van der Waals surface area contributed by atoms with E-state index in [0.717, 1.165) is 30.0 Å². The summed E-state index contributed by atoms with van der Waals surface area (Å²) in [7, 11) is 0. The second kappa shape index (κ2) is 5.83. The van der Waals surface area contributed by atoms with Crippen molar-refractivity contribution in [2.45, 2.75) is 26.8 Å². The summed E-state index contributed by atoms with van der Waals surface area (Å²) in [5.41, 5.74) is 1.44. The molecule has 0 atom stereocenters. The minimum atomic E-state index is -0.199. The zero-order valence-corrected chi connectivity index (χ0v) is 10.8. The van der Waals surface area contributed by atoms with Gasteiger partial charge in [0.15, 0.2) is 0 Å². The zero-order chi connectivity index (χ0) is 13.0. The van der Waals surface area contributed by atoms with E-state index < -0.39 is 0 Å². The van der Waals surface area contributed by atoms with Gasteiger partial charge in [-0.15, -0.1) is 0 Å². The number of nitrogens with one attached hydrogen (secondary N) is 1. The lowest BCUT2D eigenvalue weighted by molar-refractivity contribution is 0.493. The molecule has 3 heteroatoms. The Morgan fingerprint density at radius 2 is 2.06 bits per heavy atom. The van der Waals surface area contributed by atoms with Gasteiger partial charge in [-0.05, 0) is 43.7 Å². The van der Waals surface area contributed by atoms with Crippen LogP contribution >= 0.6 is 0 Å². The summed E-state index contributed by atoms with van der Waals surface area (Å²) in [6, 6.07) is 8.87. The zero-order valence-electron chi connectivity index (χ0n) is 10.8. The van der Waals surface area contributed by atoms with Crippen LogP contribution in [0.5, 0.6) is 0 Å². The number of halogens is 1. The molecule has 1 N–H and O–H groups in total. The Hall–Kier alpha value is -1.61. The highest BCUT2D eigenvalue weighted by atomic mass is 19.1. The Morgan fingerprint density at radius 1 is 1.22 bits per heavy atom. The van der Waals surface area contributed by atoms with Gasteiger partial charge in [-0.2, -0.15) is 0 Å². The van der Waals surface area contributed by atoms with Gasteiger partial charge in [-0.25, -0.2) is 4.39 Å². The van der Waals surface area contributed by atoms with Crippen molar-refractivity contribution in [3.63, 3.8) is 0 Å². The van der Waals surface area contributed by atoms with Gasteiger partial charge in [0.2, 0.25) is 0 Å². The van der Waals surface area contributed by atoms with Crippen LogP contribution in [0.2, 0.25) is 0 Å². The van der Waals surface area contributed by atoms with Gasteiger partial charge in [0, 0.05) is 5.56 Å². The molecule has 1 heterocycles. The molecule has 96 valence electrons. The van der Waals surface area contributed by atoms with Gasteiger partial charge >= 0.3 is 0 Å². The van der Waals surface area contributed by atoms with E-state index in [4.69, 9.17) is 4.42 Å². The van der Waals surface area contributed by atoms with E-state index >= 15 is 0 Å². The average molecular weight is 247 g/mol. The molecule has 2 aromatic rings. The average Bonchev–Trinajstić information content (AvgIpc) is 2.82. The van der Waals surface area contributed by atoms with E-state index in [-0.39, 0.29) is 5.82 Å². The third-order valence-corrected chi connectivity index (χ3v) is 2.92. The van der Waals surface area contributed by atoms with Crippen molar-refractivity contribution in [3.8, 4) is 11.3 Å². The third-order valence-electron chi connectivity index (χ3n) is 2.92. The SMILES string of the molecule is CCCNCc1ccc(-c2cccc(F)c2C)o1. The Bertz CT molecular complexity index is 519. The van der Waals surface area contributed by atoms with Crippen molar-refractivity contribution < 1.29 is 8.81 Å². The Balaban J connectivity index is 2.16. The standard InChI is InChI=1S/C15H18FNO/c1-3-9-17-10-12-7-8-15(18-12)13-5-4-6-14(16)11(13)2/h4-8,17H,3,9-10H2,1-2H3. The largest absolute Gasteiger partial charge is 0.460 e. The first-order valence-electron chi connectivity index (χ1n) is 6.27. The van der Waals surface area contributed by atoms with E-state index in [0.29, 0.717) is 12.1 Å². The molecule has 2 rings (SSSR count). The van der Waals surface area contributed by atoms with Crippen molar-refractivity contribution in [2.75, 3.05) is 6.54 Å². The van der Waals surface area contributed by atoms with E-state index in [2.05, 4.69) is 12.2 Å². The van der Waals surface area contributed by atoms with Crippen LogP contribution in [-0.2, 0) is 6.54 Å². The monoisotopic (exact) mass is 247 g/mol. The van der Waals surface area contributed by atoms with Crippen LogP contribution in [0.4, 0.5) is 4.39 Å². The fourth-order valence-corrected chi connectivity index (χ4v) is 1.88. The summed E-state index contributed by atoms with van der Waals surface area (Å²) < 4.78 is 19.2. The maximum atomic E-state index is 13.5. The first kappa shape index (κ1) is 12.8. The molecule has 0 unspecified atom stereocenters. The minimum absolute atomic E-state index is 0.199. The highest BCUT2D eigenvalue weighted by Crippen LogP contribution is 2.26. The molecular weight excluding hydrogens is 229 g/mol. The second-order valence-electron chi connectivity index (χ2n) is 4.36. The molecule has 0 aliphatic carbocycles. The minimum Gasteiger partial charge on any atom is -0.460 e. The Labute approximate surface area is 107 Å². The van der Waals surface area contributed by atoms with Gasteiger partial charge in [-0.3, -0.25) is 0 Å². The van der Waals surface area contributed by atoms with Crippen molar-refractivity contribution in [1.82, 2.24) is 5.32 Å². The second-order valence-corrected chi connectivity index (χ2v) is 4.36. The van der Waals surface area contributed by atoms with Crippen molar-refractivity contribution in [2.24, 2.45) is 0 Å². The van der Waals surface area contributed by atoms with Crippen LogP contribution in [0.25, 0.3) is 11.3 Å². The fraction of sp³-hybridized carbons (Fsp3) is 0.333. The lowest BCUT2D eigenvalue weighted by Crippen LogP contribution is -2.12. The van der Waals surface area contributed by atoms with Crippen LogP contribution < -0.4 is 5.32 Å². The number of hydrogen-bond donors (Lipinski definition) is 1. The Kier molecular flexibility index (Phi) is 4.15. The van der Waals surface area contributed by atoms with Gasteiger partial charge < -0.3 is 9.73 Å². The number of benzene rings is 1. The molecule has 0 amide bonds. The van der Waals surface area contributed by atoms with Crippen molar-refractivity contribution >= 4 is 0 Å². The molecule has 1 aromatic carbocycles.